The van der Waals surface area contributed by atoms with Gasteiger partial charge in [-0.05, 0) is 29.8 Å². The van der Waals surface area contributed by atoms with Crippen LogP contribution in [0.25, 0.3) is 27.5 Å². The molecular weight excluding hydrogens is 430 g/mol. The number of H-pyrrole nitrogens is 1. The van der Waals surface area contributed by atoms with E-state index < -0.39 is 23.4 Å². The van der Waals surface area contributed by atoms with Crippen molar-refractivity contribution in [2.24, 2.45) is 0 Å². The Bertz CT molecular complexity index is 1410. The molecule has 0 spiro atoms. The quantitative estimate of drug-likeness (QED) is 0.419. The molecule has 2 heterocycles. The van der Waals surface area contributed by atoms with Crippen molar-refractivity contribution in [3.05, 3.63) is 53.6 Å². The lowest BCUT2D eigenvalue weighted by Gasteiger charge is -2.27. The number of nitrogens with zero attached hydrogens (tertiary/aromatic N) is 3. The number of halogens is 2. The van der Waals surface area contributed by atoms with E-state index in [1.54, 1.807) is 18.3 Å². The van der Waals surface area contributed by atoms with Crippen LogP contribution < -0.4 is 4.74 Å². The van der Waals surface area contributed by atoms with E-state index in [0.29, 0.717) is 33.4 Å². The zero-order valence-corrected chi connectivity index (χ0v) is 18.3. The van der Waals surface area contributed by atoms with Crippen LogP contribution >= 0.6 is 0 Å². The third-order valence-electron chi connectivity index (χ3n) is 5.84. The number of nitrogens with one attached hydrogen (secondary N) is 1. The van der Waals surface area contributed by atoms with Crippen LogP contribution in [0.5, 0.6) is 5.75 Å². The molecule has 0 amide bonds. The van der Waals surface area contributed by atoms with Gasteiger partial charge in [0.2, 0.25) is 6.17 Å². The van der Waals surface area contributed by atoms with Gasteiger partial charge in [0.1, 0.15) is 0 Å². The van der Waals surface area contributed by atoms with Gasteiger partial charge in [-0.1, -0.05) is 13.8 Å². The summed E-state index contributed by atoms with van der Waals surface area (Å²) < 4.78 is 35.7. The third-order valence-corrected chi connectivity index (χ3v) is 5.84. The summed E-state index contributed by atoms with van der Waals surface area (Å²) in [6.45, 7) is 3.68. The molecule has 0 bridgehead atoms. The standard InChI is InChI=1S/C24H22F2N4O3/c1-24(2,6-7-27)22-16(10-18(26)23(31)32)15-11-19-13(12-28-29-19)8-20(15)30(22)14-4-5-17(25)21(9-14)33-3/h4-5,8-9,11-12,18H,6,10H2,1-3H3,(H,28,29)(H,31,32)/t18-/m0/s1. The number of methoxy groups -OCH3 is 1. The topological polar surface area (TPSA) is 104 Å². The van der Waals surface area contributed by atoms with Gasteiger partial charge < -0.3 is 14.4 Å². The van der Waals surface area contributed by atoms with Crippen LogP contribution in [0, 0.1) is 17.1 Å². The minimum absolute atomic E-state index is 0.0261. The fourth-order valence-electron chi connectivity index (χ4n) is 4.31. The predicted octanol–water partition coefficient (Wildman–Crippen LogP) is 4.81. The number of carboxylic acid groups (broad SMARTS) is 1. The fraction of sp³-hybridized carbons (Fsp3) is 0.292. The van der Waals surface area contributed by atoms with E-state index in [2.05, 4.69) is 16.3 Å². The van der Waals surface area contributed by atoms with Crippen molar-refractivity contribution >= 4 is 27.8 Å². The van der Waals surface area contributed by atoms with E-state index in [9.17, 15) is 23.9 Å². The number of benzene rings is 2. The molecule has 0 saturated carbocycles. The Kier molecular flexibility index (Phi) is 5.54. The van der Waals surface area contributed by atoms with Crippen LogP contribution in [0.15, 0.2) is 36.5 Å². The molecule has 0 fully saturated rings. The first kappa shape index (κ1) is 22.3. The van der Waals surface area contributed by atoms with Gasteiger partial charge in [0.05, 0.1) is 30.4 Å². The number of aliphatic carboxylic acids is 1. The van der Waals surface area contributed by atoms with E-state index >= 15 is 0 Å². The van der Waals surface area contributed by atoms with Crippen molar-refractivity contribution in [2.75, 3.05) is 7.11 Å². The molecule has 4 rings (SSSR count). The van der Waals surface area contributed by atoms with Crippen molar-refractivity contribution in [3.8, 4) is 17.5 Å². The van der Waals surface area contributed by atoms with E-state index in [0.717, 1.165) is 5.39 Å². The number of ether oxygens (including phenoxy) is 1. The Labute approximate surface area is 188 Å². The Balaban J connectivity index is 2.15. The highest BCUT2D eigenvalue weighted by atomic mass is 19.1. The monoisotopic (exact) mass is 452 g/mol. The highest BCUT2D eigenvalue weighted by Gasteiger charge is 2.33. The maximum absolute atomic E-state index is 14.6. The number of fused-ring (bicyclic) bond motifs is 2. The summed E-state index contributed by atoms with van der Waals surface area (Å²) in [5, 5.41) is 27.1. The SMILES string of the molecule is COc1cc(-n2c(C(C)(C)CC#N)c(C[C@H](F)C(=O)O)c3cc4[nH]ncc4cc32)ccc1F. The van der Waals surface area contributed by atoms with Gasteiger partial charge in [-0.3, -0.25) is 5.10 Å². The minimum atomic E-state index is -2.14. The number of carbonyl (C=O) groups is 1. The lowest BCUT2D eigenvalue weighted by molar-refractivity contribution is -0.142. The van der Waals surface area contributed by atoms with Crippen molar-refractivity contribution in [1.82, 2.24) is 14.8 Å². The molecule has 0 aliphatic carbocycles. The van der Waals surface area contributed by atoms with E-state index in [1.807, 2.05) is 24.5 Å². The summed E-state index contributed by atoms with van der Waals surface area (Å²) in [6.07, 6.45) is -0.785. The first-order valence-electron chi connectivity index (χ1n) is 10.3. The maximum Gasteiger partial charge on any atom is 0.338 e. The van der Waals surface area contributed by atoms with Crippen molar-refractivity contribution in [1.29, 1.82) is 5.26 Å². The Hall–Kier alpha value is -3.93. The van der Waals surface area contributed by atoms with Crippen molar-refractivity contribution < 1.29 is 23.4 Å². The number of nitriles is 1. The average Bonchev–Trinajstić information content (AvgIpc) is 3.35. The number of alkyl halides is 1. The number of aromatic nitrogens is 3. The molecule has 170 valence electrons. The van der Waals surface area contributed by atoms with Gasteiger partial charge >= 0.3 is 5.97 Å². The van der Waals surface area contributed by atoms with Crippen LogP contribution in [-0.4, -0.2) is 39.1 Å². The second-order valence-corrected chi connectivity index (χ2v) is 8.54. The molecule has 4 aromatic rings. The van der Waals surface area contributed by atoms with Crippen LogP contribution in [0.2, 0.25) is 0 Å². The average molecular weight is 452 g/mol. The van der Waals surface area contributed by atoms with Crippen LogP contribution in [0.3, 0.4) is 0 Å². The Morgan fingerprint density at radius 3 is 2.79 bits per heavy atom. The summed E-state index contributed by atoms with van der Waals surface area (Å²) in [7, 11) is 1.36. The highest BCUT2D eigenvalue weighted by molar-refractivity contribution is 5.99. The first-order chi connectivity index (χ1) is 15.7. The molecule has 1 atom stereocenters. The molecule has 0 radical (unpaired) electrons. The maximum atomic E-state index is 14.6. The minimum Gasteiger partial charge on any atom is -0.494 e. The second-order valence-electron chi connectivity index (χ2n) is 8.54. The lowest BCUT2D eigenvalue weighted by atomic mass is 9.82. The van der Waals surface area contributed by atoms with Crippen molar-refractivity contribution in [3.63, 3.8) is 0 Å². The van der Waals surface area contributed by atoms with E-state index in [1.165, 1.54) is 19.2 Å². The largest absolute Gasteiger partial charge is 0.494 e. The fourth-order valence-corrected chi connectivity index (χ4v) is 4.31. The summed E-state index contributed by atoms with van der Waals surface area (Å²) in [5.41, 5.74) is 2.17. The molecular formula is C24H22F2N4O3. The van der Waals surface area contributed by atoms with Crippen LogP contribution in [-0.2, 0) is 16.6 Å². The molecule has 9 heteroatoms. The summed E-state index contributed by atoms with van der Waals surface area (Å²) >= 11 is 0. The van der Waals surface area contributed by atoms with Crippen LogP contribution in [0.1, 0.15) is 31.5 Å². The van der Waals surface area contributed by atoms with Gasteiger partial charge in [0, 0.05) is 46.5 Å². The number of rotatable bonds is 7. The van der Waals surface area contributed by atoms with Gasteiger partial charge in [0.15, 0.2) is 11.6 Å². The number of carboxylic acids is 1. The van der Waals surface area contributed by atoms with Gasteiger partial charge in [-0.2, -0.15) is 10.4 Å². The number of aromatic amines is 1. The van der Waals surface area contributed by atoms with Crippen molar-refractivity contribution in [2.45, 2.75) is 38.3 Å². The molecule has 2 aromatic heterocycles. The van der Waals surface area contributed by atoms with Gasteiger partial charge in [-0.15, -0.1) is 0 Å². The van der Waals surface area contributed by atoms with E-state index in [-0.39, 0.29) is 18.6 Å². The zero-order chi connectivity index (χ0) is 23.9. The zero-order valence-electron chi connectivity index (χ0n) is 18.3. The predicted molar refractivity (Wildman–Crippen MR) is 119 cm³/mol. The molecule has 0 aliphatic heterocycles. The molecule has 0 unspecified atom stereocenters. The molecule has 33 heavy (non-hydrogen) atoms. The molecule has 0 saturated heterocycles. The normalized spacial score (nSPS) is 12.7. The first-order valence-corrected chi connectivity index (χ1v) is 10.3. The van der Waals surface area contributed by atoms with E-state index in [4.69, 9.17) is 4.74 Å². The smallest absolute Gasteiger partial charge is 0.338 e. The Morgan fingerprint density at radius 2 is 2.12 bits per heavy atom. The summed E-state index contributed by atoms with van der Waals surface area (Å²) in [5.74, 6) is -2.08. The van der Waals surface area contributed by atoms with Crippen LogP contribution in [0.4, 0.5) is 8.78 Å². The highest BCUT2D eigenvalue weighted by Crippen LogP contribution is 2.41. The molecule has 2 N–H and O–H groups in total. The van der Waals surface area contributed by atoms with Gasteiger partial charge in [-0.25, -0.2) is 13.6 Å². The summed E-state index contributed by atoms with van der Waals surface area (Å²) in [4.78, 5) is 11.4. The second kappa shape index (κ2) is 8.20. The number of hydrogen-bond donors (Lipinski definition) is 2. The molecule has 7 nitrogen and oxygen atoms in total. The molecule has 0 aliphatic rings. The van der Waals surface area contributed by atoms with Gasteiger partial charge in [0.25, 0.3) is 0 Å². The molecule has 2 aromatic carbocycles. The number of hydrogen-bond acceptors (Lipinski definition) is 4. The summed E-state index contributed by atoms with van der Waals surface area (Å²) in [6, 6.07) is 10.2. The third kappa shape index (κ3) is 3.78. The lowest BCUT2D eigenvalue weighted by Crippen LogP contribution is -2.25. The Morgan fingerprint density at radius 1 is 1.36 bits per heavy atom.